The third kappa shape index (κ3) is 4.40. The molecular weight excluding hydrogens is 509 g/mol. The van der Waals surface area contributed by atoms with Crippen molar-refractivity contribution in [3.8, 4) is 11.1 Å². The van der Waals surface area contributed by atoms with Gasteiger partial charge in [-0.05, 0) is 46.0 Å². The minimum Gasteiger partial charge on any atom is -0.480 e. The molecule has 5 rings (SSSR count). The van der Waals surface area contributed by atoms with Crippen LogP contribution in [-0.4, -0.2) is 30.6 Å². The van der Waals surface area contributed by atoms with Crippen molar-refractivity contribution in [3.63, 3.8) is 0 Å². The minimum absolute atomic E-state index is 0.0171. The maximum atomic E-state index is 13.6. The summed E-state index contributed by atoms with van der Waals surface area (Å²) in [5.74, 6) is -1.46. The van der Waals surface area contributed by atoms with E-state index in [2.05, 4.69) is 4.72 Å². The third-order valence-corrected chi connectivity index (χ3v) is 7.80. The fourth-order valence-corrected chi connectivity index (χ4v) is 6.21. The van der Waals surface area contributed by atoms with Gasteiger partial charge in [0.25, 0.3) is 15.6 Å². The molecule has 11 heteroatoms. The lowest BCUT2D eigenvalue weighted by molar-refractivity contribution is -0.141. The lowest BCUT2D eigenvalue weighted by Crippen LogP contribution is -2.47. The van der Waals surface area contributed by atoms with Crippen LogP contribution in [0.3, 0.4) is 0 Å². The van der Waals surface area contributed by atoms with E-state index in [9.17, 15) is 36.3 Å². The van der Waals surface area contributed by atoms with Gasteiger partial charge < -0.3 is 5.11 Å². The van der Waals surface area contributed by atoms with Gasteiger partial charge in [-0.1, -0.05) is 54.6 Å². The van der Waals surface area contributed by atoms with Crippen molar-refractivity contribution >= 4 is 26.8 Å². The Morgan fingerprint density at radius 2 is 1.70 bits per heavy atom. The molecule has 0 aliphatic carbocycles. The number of nitrogens with zero attached hydrogens (tertiary/aromatic N) is 1. The molecule has 4 aromatic rings. The normalized spacial score (nSPS) is 16.9. The Morgan fingerprint density at radius 3 is 2.43 bits per heavy atom. The maximum absolute atomic E-state index is 13.6. The van der Waals surface area contributed by atoms with Gasteiger partial charge in [0.15, 0.2) is 5.03 Å². The molecule has 2 N–H and O–H groups in total. The van der Waals surface area contributed by atoms with E-state index in [4.69, 9.17) is 0 Å². The van der Waals surface area contributed by atoms with Crippen LogP contribution in [0, 0.1) is 0 Å². The number of aliphatic carboxylic acids is 1. The van der Waals surface area contributed by atoms with Gasteiger partial charge in [0.1, 0.15) is 6.04 Å². The first kappa shape index (κ1) is 24.7. The molecule has 1 aromatic heterocycles. The number of carboxylic acid groups (broad SMARTS) is 1. The summed E-state index contributed by atoms with van der Waals surface area (Å²) < 4.78 is 69.9. The monoisotopic (exact) mass is 528 g/mol. The summed E-state index contributed by atoms with van der Waals surface area (Å²) in [5.41, 5.74) is -1.28. The largest absolute Gasteiger partial charge is 0.480 e. The second-order valence-electron chi connectivity index (χ2n) is 8.66. The summed E-state index contributed by atoms with van der Waals surface area (Å²) in [4.78, 5) is 25.1. The number of fused-ring (bicyclic) bond motifs is 2. The van der Waals surface area contributed by atoms with Crippen molar-refractivity contribution in [1.29, 1.82) is 0 Å². The Bertz CT molecular complexity index is 1720. The molecule has 2 heterocycles. The second kappa shape index (κ2) is 8.86. The SMILES string of the molecule is O=C(O)C1CNS(=O)(=O)c2c(-c3cccc(C(F)(F)F)c3)c(Cc3cccc4ccccc34)cc(=O)n21. The molecule has 7 nitrogen and oxygen atoms in total. The highest BCUT2D eigenvalue weighted by atomic mass is 32.2. The standard InChI is InChI=1S/C26H19F3N2O5S/c27-26(28,29)19-9-4-8-17(12-19)23-18(11-16-7-3-6-15-5-1-2-10-20(15)16)13-22(32)31-21(25(33)34)14-30-37(35,36)24(23)31/h1-10,12-13,21,30H,11,14H2,(H,33,34). The van der Waals surface area contributed by atoms with Gasteiger partial charge in [-0.15, -0.1) is 0 Å². The van der Waals surface area contributed by atoms with Crippen LogP contribution in [0.15, 0.2) is 82.6 Å². The average Bonchev–Trinajstić information content (AvgIpc) is 2.84. The van der Waals surface area contributed by atoms with E-state index in [1.165, 1.54) is 6.07 Å². The number of alkyl halides is 3. The molecular formula is C26H19F3N2O5S. The summed E-state index contributed by atoms with van der Waals surface area (Å²) in [6.07, 6.45) is -4.69. The molecule has 37 heavy (non-hydrogen) atoms. The molecule has 0 radical (unpaired) electrons. The van der Waals surface area contributed by atoms with Crippen molar-refractivity contribution < 1.29 is 31.5 Å². The van der Waals surface area contributed by atoms with Crippen molar-refractivity contribution in [2.24, 2.45) is 0 Å². The number of hydrogen-bond donors (Lipinski definition) is 2. The fourth-order valence-electron chi connectivity index (χ4n) is 4.70. The smallest absolute Gasteiger partial charge is 0.416 e. The van der Waals surface area contributed by atoms with Crippen LogP contribution < -0.4 is 10.3 Å². The summed E-state index contributed by atoms with van der Waals surface area (Å²) in [7, 11) is -4.45. The van der Waals surface area contributed by atoms with E-state index >= 15 is 0 Å². The fraction of sp³-hybridized carbons (Fsp3) is 0.154. The van der Waals surface area contributed by atoms with Crippen LogP contribution in [0.2, 0.25) is 0 Å². The molecule has 0 fully saturated rings. The second-order valence-corrected chi connectivity index (χ2v) is 10.3. The zero-order valence-corrected chi connectivity index (χ0v) is 19.8. The van der Waals surface area contributed by atoms with Crippen molar-refractivity contribution in [1.82, 2.24) is 9.29 Å². The number of halogens is 3. The van der Waals surface area contributed by atoms with Crippen LogP contribution >= 0.6 is 0 Å². The Balaban J connectivity index is 1.86. The van der Waals surface area contributed by atoms with E-state index in [0.717, 1.165) is 35.0 Å². The molecule has 1 aliphatic heterocycles. The number of nitrogens with one attached hydrogen (secondary N) is 1. The summed E-state index contributed by atoms with van der Waals surface area (Å²) in [5, 5.41) is 10.7. The topological polar surface area (TPSA) is 105 Å². The summed E-state index contributed by atoms with van der Waals surface area (Å²) >= 11 is 0. The molecule has 1 aliphatic rings. The number of aromatic nitrogens is 1. The van der Waals surface area contributed by atoms with Gasteiger partial charge in [-0.3, -0.25) is 9.36 Å². The minimum atomic E-state index is -4.71. The number of sulfonamides is 1. The van der Waals surface area contributed by atoms with Gasteiger partial charge >= 0.3 is 12.1 Å². The Kier molecular flexibility index (Phi) is 5.92. The first-order valence-electron chi connectivity index (χ1n) is 11.1. The predicted molar refractivity (Wildman–Crippen MR) is 130 cm³/mol. The van der Waals surface area contributed by atoms with Gasteiger partial charge in [0.05, 0.1) is 5.56 Å². The first-order valence-corrected chi connectivity index (χ1v) is 12.6. The average molecular weight is 529 g/mol. The zero-order valence-electron chi connectivity index (χ0n) is 19.0. The van der Waals surface area contributed by atoms with Crippen LogP contribution in [-0.2, 0) is 27.4 Å². The summed E-state index contributed by atoms with van der Waals surface area (Å²) in [6, 6.07) is 16.5. The molecule has 3 aromatic carbocycles. The zero-order chi connectivity index (χ0) is 26.5. The molecule has 1 unspecified atom stereocenters. The molecule has 0 saturated heterocycles. The molecule has 0 amide bonds. The lowest BCUT2D eigenvalue weighted by atomic mass is 9.93. The van der Waals surface area contributed by atoms with Crippen LogP contribution in [0.25, 0.3) is 21.9 Å². The number of hydrogen-bond acceptors (Lipinski definition) is 4. The maximum Gasteiger partial charge on any atom is 0.416 e. The van der Waals surface area contributed by atoms with Crippen molar-refractivity contribution in [2.45, 2.75) is 23.7 Å². The predicted octanol–water partition coefficient (Wildman–Crippen LogP) is 4.20. The van der Waals surface area contributed by atoms with E-state index in [1.807, 2.05) is 30.3 Å². The van der Waals surface area contributed by atoms with E-state index in [1.54, 1.807) is 12.1 Å². The Labute approximate surface area is 208 Å². The van der Waals surface area contributed by atoms with Crippen molar-refractivity contribution in [3.05, 3.63) is 99.8 Å². The molecule has 1 atom stereocenters. The van der Waals surface area contributed by atoms with Gasteiger partial charge in [-0.25, -0.2) is 17.9 Å². The molecule has 0 spiro atoms. The quantitative estimate of drug-likeness (QED) is 0.413. The van der Waals surface area contributed by atoms with E-state index < -0.39 is 50.9 Å². The number of benzene rings is 3. The number of carbonyl (C=O) groups is 1. The van der Waals surface area contributed by atoms with Gasteiger partial charge in [0.2, 0.25) is 0 Å². The number of carboxylic acids is 1. The van der Waals surface area contributed by atoms with Crippen LogP contribution in [0.4, 0.5) is 13.2 Å². The highest BCUT2D eigenvalue weighted by Crippen LogP contribution is 2.38. The van der Waals surface area contributed by atoms with Crippen molar-refractivity contribution in [2.75, 3.05) is 6.54 Å². The van der Waals surface area contributed by atoms with Gasteiger partial charge in [-0.2, -0.15) is 13.2 Å². The van der Waals surface area contributed by atoms with Crippen LogP contribution in [0.5, 0.6) is 0 Å². The Morgan fingerprint density at radius 1 is 1.00 bits per heavy atom. The molecule has 0 saturated carbocycles. The Hall–Kier alpha value is -3.96. The summed E-state index contributed by atoms with van der Waals surface area (Å²) in [6.45, 7) is -0.574. The van der Waals surface area contributed by atoms with Crippen LogP contribution in [0.1, 0.15) is 22.7 Å². The van der Waals surface area contributed by atoms with E-state index in [-0.39, 0.29) is 23.1 Å². The highest BCUT2D eigenvalue weighted by Gasteiger charge is 2.39. The molecule has 190 valence electrons. The number of pyridine rings is 1. The number of rotatable bonds is 4. The van der Waals surface area contributed by atoms with E-state index in [0.29, 0.717) is 10.1 Å². The third-order valence-electron chi connectivity index (χ3n) is 6.35. The molecule has 0 bridgehead atoms. The van der Waals surface area contributed by atoms with Gasteiger partial charge in [0, 0.05) is 18.2 Å². The highest BCUT2D eigenvalue weighted by molar-refractivity contribution is 7.89. The first-order chi connectivity index (χ1) is 17.5. The lowest BCUT2D eigenvalue weighted by Gasteiger charge is -2.29.